The van der Waals surface area contributed by atoms with Gasteiger partial charge in [-0.05, 0) is 24.8 Å². The number of ether oxygens (including phenoxy) is 2. The van der Waals surface area contributed by atoms with Gasteiger partial charge in [0.2, 0.25) is 0 Å². The van der Waals surface area contributed by atoms with Gasteiger partial charge in [0.1, 0.15) is 11.9 Å². The van der Waals surface area contributed by atoms with Gasteiger partial charge in [0.25, 0.3) is 0 Å². The molecule has 0 aliphatic carbocycles. The lowest BCUT2D eigenvalue weighted by atomic mass is 10.1. The minimum Gasteiger partial charge on any atom is -0.495 e. The molecule has 0 aromatic rings. The lowest BCUT2D eigenvalue weighted by Gasteiger charge is -2.22. The molecular weight excluding hydrogens is 215 g/mol. The third-order valence-electron chi connectivity index (χ3n) is 2.01. The molecule has 15 heavy (non-hydrogen) atoms. The molecule has 1 atom stereocenters. The summed E-state index contributed by atoms with van der Waals surface area (Å²) in [5.74, 6) is 0.529. The Hall–Kier alpha value is -0.600. The summed E-state index contributed by atoms with van der Waals surface area (Å²) in [4.78, 5) is 0. The fourth-order valence-electron chi connectivity index (χ4n) is 0.604. The van der Waals surface area contributed by atoms with E-state index in [1.54, 1.807) is 0 Å². The van der Waals surface area contributed by atoms with Gasteiger partial charge in [0, 0.05) is 0 Å². The molecule has 88 valence electrons. The molecule has 1 unspecified atom stereocenters. The Morgan fingerprint density at radius 2 is 2.07 bits per heavy atom. The summed E-state index contributed by atoms with van der Waals surface area (Å²) in [6.45, 7) is 7.68. The quantitative estimate of drug-likeness (QED) is 0.502. The molecule has 0 bridgehead atoms. The second kappa shape index (κ2) is 6.81. The maximum atomic E-state index is 10.7. The van der Waals surface area contributed by atoms with Crippen molar-refractivity contribution in [3.63, 3.8) is 0 Å². The minimum atomic E-state index is -1.61. The molecule has 0 spiro atoms. The third-order valence-corrected chi connectivity index (χ3v) is 2.50. The lowest BCUT2D eigenvalue weighted by molar-refractivity contribution is 0.0435. The van der Waals surface area contributed by atoms with Crippen LogP contribution in [0.5, 0.6) is 0 Å². The van der Waals surface area contributed by atoms with Crippen LogP contribution in [0.1, 0.15) is 27.2 Å². The summed E-state index contributed by atoms with van der Waals surface area (Å²) in [5.41, 5.74) is -0.224. The number of rotatable bonds is 7. The van der Waals surface area contributed by atoms with Gasteiger partial charge in [0.05, 0.1) is 7.11 Å². The summed E-state index contributed by atoms with van der Waals surface area (Å²) < 4.78 is 26.2. The van der Waals surface area contributed by atoms with Crippen LogP contribution in [0.25, 0.3) is 0 Å². The minimum absolute atomic E-state index is 0.169. The molecule has 0 heterocycles. The smallest absolute Gasteiger partial charge is 0.495 e. The Kier molecular flexibility index (Phi) is 6.53. The summed E-state index contributed by atoms with van der Waals surface area (Å²) in [5, 5.41) is 0. The first-order valence-electron chi connectivity index (χ1n) is 4.86. The van der Waals surface area contributed by atoms with Gasteiger partial charge < -0.3 is 9.47 Å². The maximum Gasteiger partial charge on any atom is 0.505 e. The molecule has 0 aromatic carbocycles. The molecule has 0 fully saturated rings. The first-order chi connectivity index (χ1) is 6.91. The Balaban J connectivity index is 4.16. The van der Waals surface area contributed by atoms with Crippen molar-refractivity contribution in [1.29, 1.82) is 0 Å². The van der Waals surface area contributed by atoms with E-state index in [9.17, 15) is 4.57 Å². The summed E-state index contributed by atoms with van der Waals surface area (Å²) in [6.07, 6.45) is 2.41. The van der Waals surface area contributed by atoms with E-state index in [1.807, 2.05) is 20.8 Å². The van der Waals surface area contributed by atoms with Crippen LogP contribution >= 0.6 is 8.03 Å². The van der Waals surface area contributed by atoms with Gasteiger partial charge in [-0.25, -0.2) is 0 Å². The highest BCUT2D eigenvalue weighted by Crippen LogP contribution is 2.19. The molecule has 0 aromatic heterocycles. The van der Waals surface area contributed by atoms with Crippen LogP contribution < -0.4 is 0 Å². The Bertz CT molecular complexity index is 236. The molecule has 0 aliphatic rings. The van der Waals surface area contributed by atoms with Crippen LogP contribution in [-0.2, 0) is 18.6 Å². The van der Waals surface area contributed by atoms with Gasteiger partial charge in [0.15, 0.2) is 19.0 Å². The Labute approximate surface area is 92.5 Å². The van der Waals surface area contributed by atoms with Crippen molar-refractivity contribution in [2.75, 3.05) is 20.4 Å². The van der Waals surface area contributed by atoms with E-state index in [-0.39, 0.29) is 12.2 Å². The Morgan fingerprint density at radius 1 is 1.47 bits per heavy atom. The third kappa shape index (κ3) is 7.34. The van der Waals surface area contributed by atoms with Crippen molar-refractivity contribution in [3.8, 4) is 0 Å². The SMILES string of the molecule is CCC(C)(C)O/C=C(/CO[P+](C)=O)OC. The predicted octanol–water partition coefficient (Wildman–Crippen LogP) is 3.07. The number of hydrogen-bond acceptors (Lipinski definition) is 4. The van der Waals surface area contributed by atoms with Crippen LogP contribution in [0.15, 0.2) is 12.0 Å². The topological polar surface area (TPSA) is 44.8 Å². The maximum absolute atomic E-state index is 10.7. The molecule has 4 nitrogen and oxygen atoms in total. The van der Waals surface area contributed by atoms with Crippen molar-refractivity contribution >= 4 is 8.03 Å². The molecule has 0 rings (SSSR count). The van der Waals surface area contributed by atoms with Crippen molar-refractivity contribution in [3.05, 3.63) is 12.0 Å². The molecule has 0 saturated heterocycles. The first kappa shape index (κ1) is 14.4. The van der Waals surface area contributed by atoms with Crippen LogP contribution in [0.3, 0.4) is 0 Å². The molecule has 0 aliphatic heterocycles. The van der Waals surface area contributed by atoms with E-state index in [1.165, 1.54) is 20.0 Å². The van der Waals surface area contributed by atoms with E-state index in [0.29, 0.717) is 5.76 Å². The largest absolute Gasteiger partial charge is 0.505 e. The van der Waals surface area contributed by atoms with Gasteiger partial charge in [-0.1, -0.05) is 6.92 Å². The van der Waals surface area contributed by atoms with Crippen LogP contribution in [0.2, 0.25) is 0 Å². The lowest BCUT2D eigenvalue weighted by Crippen LogP contribution is -2.20. The highest BCUT2D eigenvalue weighted by molar-refractivity contribution is 7.38. The highest BCUT2D eigenvalue weighted by Gasteiger charge is 2.16. The number of methoxy groups -OCH3 is 1. The zero-order chi connectivity index (χ0) is 11.9. The first-order valence-corrected chi connectivity index (χ1v) is 6.48. The summed E-state index contributed by atoms with van der Waals surface area (Å²) >= 11 is 0. The van der Waals surface area contributed by atoms with Crippen molar-refractivity contribution < 1.29 is 18.6 Å². The van der Waals surface area contributed by atoms with Gasteiger partial charge >= 0.3 is 8.03 Å². The van der Waals surface area contributed by atoms with E-state index in [4.69, 9.17) is 14.0 Å². The van der Waals surface area contributed by atoms with Crippen molar-refractivity contribution in [2.24, 2.45) is 0 Å². The van der Waals surface area contributed by atoms with Crippen LogP contribution in [0.4, 0.5) is 0 Å². The predicted molar refractivity (Wildman–Crippen MR) is 60.0 cm³/mol. The van der Waals surface area contributed by atoms with E-state index >= 15 is 0 Å². The summed E-state index contributed by atoms with van der Waals surface area (Å²) in [7, 11) is -0.0795. The second-order valence-corrected chi connectivity index (χ2v) is 4.87. The fourth-order valence-corrected chi connectivity index (χ4v) is 0.913. The molecule has 5 heteroatoms. The average Bonchev–Trinajstić information content (AvgIpc) is 2.18. The molecule has 0 amide bonds. The van der Waals surface area contributed by atoms with Gasteiger partial charge in [-0.2, -0.15) is 0 Å². The molecule has 0 N–H and O–H groups in total. The Morgan fingerprint density at radius 3 is 2.47 bits per heavy atom. The average molecular weight is 235 g/mol. The monoisotopic (exact) mass is 235 g/mol. The normalized spacial score (nSPS) is 13.7. The standard InChI is InChI=1S/C10H20O4P/c1-6-10(2,3)13-7-9(12-4)8-14-15(5)11/h7H,6,8H2,1-5H3/q+1/b9-7-. The number of hydrogen-bond donors (Lipinski definition) is 0. The molecular formula is C10H20O4P+. The summed E-state index contributed by atoms with van der Waals surface area (Å²) in [6, 6.07) is 0. The van der Waals surface area contributed by atoms with Crippen LogP contribution in [-0.4, -0.2) is 26.0 Å². The fraction of sp³-hybridized carbons (Fsp3) is 0.800. The molecule has 0 radical (unpaired) electrons. The second-order valence-electron chi connectivity index (χ2n) is 3.73. The zero-order valence-electron chi connectivity index (χ0n) is 10.1. The molecule has 0 saturated carbocycles. The zero-order valence-corrected chi connectivity index (χ0v) is 11.0. The van der Waals surface area contributed by atoms with E-state index in [2.05, 4.69) is 0 Å². The van der Waals surface area contributed by atoms with Crippen molar-refractivity contribution in [1.82, 2.24) is 0 Å². The van der Waals surface area contributed by atoms with Gasteiger partial charge in [-0.3, -0.25) is 0 Å². The van der Waals surface area contributed by atoms with Crippen molar-refractivity contribution in [2.45, 2.75) is 32.8 Å². The van der Waals surface area contributed by atoms with Crippen LogP contribution in [0, 0.1) is 0 Å². The highest BCUT2D eigenvalue weighted by atomic mass is 31.1. The van der Waals surface area contributed by atoms with E-state index in [0.717, 1.165) is 6.42 Å². The van der Waals surface area contributed by atoms with E-state index < -0.39 is 8.03 Å². The van der Waals surface area contributed by atoms with Gasteiger partial charge in [-0.15, -0.1) is 4.52 Å².